The van der Waals surface area contributed by atoms with E-state index in [1.165, 1.54) is 0 Å². The summed E-state index contributed by atoms with van der Waals surface area (Å²) in [6, 6.07) is 32.3. The van der Waals surface area contributed by atoms with Crippen molar-refractivity contribution < 1.29 is 17.9 Å². The third-order valence-electron chi connectivity index (χ3n) is 5.98. The lowest BCUT2D eigenvalue weighted by Crippen LogP contribution is -2.41. The Bertz CT molecular complexity index is 1430. The normalized spacial score (nSPS) is 12.8. The van der Waals surface area contributed by atoms with Crippen molar-refractivity contribution in [2.24, 2.45) is 4.99 Å². The Labute approximate surface area is 224 Å². The Kier molecular flexibility index (Phi) is 8.84. The third-order valence-corrected chi connectivity index (χ3v) is 7.44. The Morgan fingerprint density at radius 3 is 1.79 bits per heavy atom. The molecule has 1 N–H and O–H groups in total. The molecule has 4 aromatic carbocycles. The van der Waals surface area contributed by atoms with Crippen molar-refractivity contribution in [2.45, 2.75) is 30.8 Å². The van der Waals surface area contributed by atoms with E-state index in [-0.39, 0.29) is 11.5 Å². The largest absolute Gasteiger partial charge is 0.464 e. The average molecular weight is 527 g/mol. The number of aryl methyl sites for hydroxylation is 1. The van der Waals surface area contributed by atoms with E-state index < -0.39 is 28.1 Å². The zero-order valence-corrected chi connectivity index (χ0v) is 22.1. The van der Waals surface area contributed by atoms with E-state index in [1.807, 2.05) is 73.7 Å². The molecule has 0 bridgehead atoms. The van der Waals surface area contributed by atoms with Gasteiger partial charge >= 0.3 is 5.97 Å². The highest BCUT2D eigenvalue weighted by Gasteiger charge is 2.35. The van der Waals surface area contributed by atoms with Crippen LogP contribution in [0.4, 0.5) is 0 Å². The highest BCUT2D eigenvalue weighted by atomic mass is 32.2. The fraction of sp³-hybridized carbons (Fsp3) is 0.161. The van der Waals surface area contributed by atoms with Crippen LogP contribution in [0.3, 0.4) is 0 Å². The van der Waals surface area contributed by atoms with Gasteiger partial charge in [-0.3, -0.25) is 4.99 Å². The molecule has 0 saturated heterocycles. The second kappa shape index (κ2) is 12.4. The second-order valence-corrected chi connectivity index (χ2v) is 10.4. The molecule has 2 atom stereocenters. The summed E-state index contributed by atoms with van der Waals surface area (Å²) >= 11 is 0. The molecule has 0 aromatic heterocycles. The van der Waals surface area contributed by atoms with Crippen LogP contribution in [0.1, 0.15) is 35.2 Å². The van der Waals surface area contributed by atoms with Crippen molar-refractivity contribution >= 4 is 21.7 Å². The number of nitrogens with zero attached hydrogens (tertiary/aromatic N) is 1. The van der Waals surface area contributed by atoms with Crippen LogP contribution in [-0.4, -0.2) is 32.7 Å². The van der Waals surface area contributed by atoms with Crippen molar-refractivity contribution in [2.75, 3.05) is 6.61 Å². The summed E-state index contributed by atoms with van der Waals surface area (Å²) in [6.45, 7) is 3.72. The highest BCUT2D eigenvalue weighted by molar-refractivity contribution is 7.89. The standard InChI is InChI=1S/C31H30N2O4S/c1-3-37-31(34)30(32-28(24-13-7-4-8-14-24)25-15-9-5-10-16-25)29(26-17-11-6-12-18-26)33-38(35,36)27-21-19-23(2)20-22-27/h4-22,29-30,33H,3H2,1-2H3/t29-,30+/m1/s1. The molecule has 6 nitrogen and oxygen atoms in total. The monoisotopic (exact) mass is 526 g/mol. The van der Waals surface area contributed by atoms with Gasteiger partial charge in [0.25, 0.3) is 0 Å². The lowest BCUT2D eigenvalue weighted by molar-refractivity contribution is -0.145. The van der Waals surface area contributed by atoms with Crippen LogP contribution in [0.5, 0.6) is 0 Å². The number of hydrogen-bond donors (Lipinski definition) is 1. The number of esters is 1. The molecule has 0 aliphatic carbocycles. The molecular formula is C31H30N2O4S. The van der Waals surface area contributed by atoms with Crippen LogP contribution >= 0.6 is 0 Å². The van der Waals surface area contributed by atoms with Gasteiger partial charge in [-0.05, 0) is 31.5 Å². The van der Waals surface area contributed by atoms with E-state index in [0.29, 0.717) is 11.3 Å². The Balaban J connectivity index is 1.89. The third kappa shape index (κ3) is 6.62. The van der Waals surface area contributed by atoms with Crippen molar-refractivity contribution in [3.63, 3.8) is 0 Å². The molecule has 0 heterocycles. The van der Waals surface area contributed by atoms with Crippen LogP contribution in [-0.2, 0) is 19.6 Å². The molecular weight excluding hydrogens is 496 g/mol. The van der Waals surface area contributed by atoms with Crippen LogP contribution in [0.2, 0.25) is 0 Å². The lowest BCUT2D eigenvalue weighted by Gasteiger charge is -2.25. The van der Waals surface area contributed by atoms with E-state index >= 15 is 0 Å². The molecule has 0 aliphatic heterocycles. The Hall–Kier alpha value is -4.07. The summed E-state index contributed by atoms with van der Waals surface area (Å²) in [7, 11) is -4.01. The zero-order chi connectivity index (χ0) is 27.0. The molecule has 0 saturated carbocycles. The van der Waals surface area contributed by atoms with Gasteiger partial charge in [-0.2, -0.15) is 0 Å². The molecule has 0 radical (unpaired) electrons. The van der Waals surface area contributed by atoms with Gasteiger partial charge in [-0.25, -0.2) is 17.9 Å². The summed E-state index contributed by atoms with van der Waals surface area (Å²) in [5.74, 6) is -0.627. The number of carbonyl (C=O) groups excluding carboxylic acids is 1. The van der Waals surface area contributed by atoms with E-state index in [1.54, 1.807) is 55.5 Å². The van der Waals surface area contributed by atoms with E-state index in [4.69, 9.17) is 9.73 Å². The van der Waals surface area contributed by atoms with Gasteiger partial charge in [0.1, 0.15) is 0 Å². The van der Waals surface area contributed by atoms with Crippen molar-refractivity contribution in [3.8, 4) is 0 Å². The van der Waals surface area contributed by atoms with Gasteiger partial charge in [-0.1, -0.05) is 109 Å². The molecule has 4 aromatic rings. The maximum atomic E-state index is 13.5. The Morgan fingerprint density at radius 1 is 0.789 bits per heavy atom. The van der Waals surface area contributed by atoms with Crippen LogP contribution in [0.15, 0.2) is 125 Å². The van der Waals surface area contributed by atoms with E-state index in [2.05, 4.69) is 4.72 Å². The number of rotatable bonds is 10. The molecule has 0 spiro atoms. The molecule has 38 heavy (non-hydrogen) atoms. The summed E-state index contributed by atoms with van der Waals surface area (Å²) in [5.41, 5.74) is 3.67. The lowest BCUT2D eigenvalue weighted by atomic mass is 9.98. The van der Waals surface area contributed by atoms with Gasteiger partial charge in [0.2, 0.25) is 10.0 Å². The fourth-order valence-corrected chi connectivity index (χ4v) is 5.30. The minimum atomic E-state index is -4.01. The quantitative estimate of drug-likeness (QED) is 0.219. The van der Waals surface area contributed by atoms with Gasteiger partial charge in [0.15, 0.2) is 6.04 Å². The summed E-state index contributed by atoms with van der Waals surface area (Å²) in [6.07, 6.45) is 0. The molecule has 194 valence electrons. The van der Waals surface area contributed by atoms with Gasteiger partial charge in [0.05, 0.1) is 23.3 Å². The molecule has 0 aliphatic rings. The SMILES string of the molecule is CCOC(=O)[C@@H](N=C(c1ccccc1)c1ccccc1)[C@H](NS(=O)(=O)c1ccc(C)cc1)c1ccccc1. The molecule has 0 amide bonds. The molecule has 4 rings (SSSR count). The highest BCUT2D eigenvalue weighted by Crippen LogP contribution is 2.26. The summed E-state index contributed by atoms with van der Waals surface area (Å²) in [4.78, 5) is 18.5. The van der Waals surface area contributed by atoms with E-state index in [0.717, 1.165) is 16.7 Å². The topological polar surface area (TPSA) is 84.8 Å². The first-order chi connectivity index (χ1) is 18.4. The van der Waals surface area contributed by atoms with Crippen LogP contribution in [0, 0.1) is 6.92 Å². The predicted octanol–water partition coefficient (Wildman–Crippen LogP) is 5.48. The number of sulfonamides is 1. The maximum Gasteiger partial charge on any atom is 0.332 e. The first kappa shape index (κ1) is 27.0. The van der Waals surface area contributed by atoms with Gasteiger partial charge in [-0.15, -0.1) is 0 Å². The van der Waals surface area contributed by atoms with Crippen LogP contribution < -0.4 is 4.72 Å². The number of aliphatic imine (C=N–C) groups is 1. The van der Waals surface area contributed by atoms with Crippen molar-refractivity contribution in [3.05, 3.63) is 138 Å². The van der Waals surface area contributed by atoms with Crippen LogP contribution in [0.25, 0.3) is 0 Å². The summed E-state index contributed by atoms with van der Waals surface area (Å²) < 4.78 is 35.2. The van der Waals surface area contributed by atoms with Crippen molar-refractivity contribution in [1.29, 1.82) is 0 Å². The number of hydrogen-bond acceptors (Lipinski definition) is 5. The molecule has 7 heteroatoms. The second-order valence-electron chi connectivity index (χ2n) is 8.73. The Morgan fingerprint density at radius 2 is 1.29 bits per heavy atom. The average Bonchev–Trinajstić information content (AvgIpc) is 2.94. The zero-order valence-electron chi connectivity index (χ0n) is 21.3. The van der Waals surface area contributed by atoms with E-state index in [9.17, 15) is 13.2 Å². The smallest absolute Gasteiger partial charge is 0.332 e. The number of benzene rings is 4. The van der Waals surface area contributed by atoms with Gasteiger partial charge in [0, 0.05) is 11.1 Å². The fourth-order valence-electron chi connectivity index (χ4n) is 4.07. The summed E-state index contributed by atoms with van der Waals surface area (Å²) in [5, 5.41) is 0. The van der Waals surface area contributed by atoms with Crippen molar-refractivity contribution in [1.82, 2.24) is 4.72 Å². The maximum absolute atomic E-state index is 13.5. The number of nitrogens with one attached hydrogen (secondary N) is 1. The molecule has 0 unspecified atom stereocenters. The molecule has 0 fully saturated rings. The number of ether oxygens (including phenoxy) is 1. The predicted molar refractivity (Wildman–Crippen MR) is 150 cm³/mol. The minimum Gasteiger partial charge on any atom is -0.464 e. The van der Waals surface area contributed by atoms with Gasteiger partial charge < -0.3 is 4.74 Å². The first-order valence-electron chi connectivity index (χ1n) is 12.4. The minimum absolute atomic E-state index is 0.0990. The first-order valence-corrected chi connectivity index (χ1v) is 13.9. The number of carbonyl (C=O) groups is 1.